The van der Waals surface area contributed by atoms with Gasteiger partial charge >= 0.3 is 0 Å². The molecular formula is C15H18BrClN2O2. The number of hydrogen-bond acceptors (Lipinski definition) is 3. The zero-order valence-electron chi connectivity index (χ0n) is 11.8. The minimum atomic E-state index is -0.00752. The van der Waals surface area contributed by atoms with Crippen LogP contribution >= 0.6 is 28.3 Å². The van der Waals surface area contributed by atoms with E-state index in [1.54, 1.807) is 0 Å². The number of carbonyl (C=O) groups excluding carboxylic acids is 1. The summed E-state index contributed by atoms with van der Waals surface area (Å²) < 4.78 is 6.65. The molecule has 1 aromatic carbocycles. The van der Waals surface area contributed by atoms with Gasteiger partial charge in [0.25, 0.3) is 5.91 Å². The summed E-state index contributed by atoms with van der Waals surface area (Å²) in [5, 5.41) is 4.22. The Morgan fingerprint density at radius 1 is 1.33 bits per heavy atom. The van der Waals surface area contributed by atoms with Crippen LogP contribution < -0.4 is 5.32 Å². The van der Waals surface area contributed by atoms with E-state index in [1.807, 2.05) is 36.2 Å². The van der Waals surface area contributed by atoms with Crippen LogP contribution in [0.3, 0.4) is 0 Å². The van der Waals surface area contributed by atoms with Crippen molar-refractivity contribution in [3.05, 3.63) is 34.5 Å². The summed E-state index contributed by atoms with van der Waals surface area (Å²) in [5.41, 5.74) is 0.752. The smallest absolute Gasteiger partial charge is 0.289 e. The van der Waals surface area contributed by atoms with Crippen molar-refractivity contribution in [2.45, 2.75) is 18.9 Å². The molecule has 0 bridgehead atoms. The van der Waals surface area contributed by atoms with Gasteiger partial charge in [0.05, 0.1) is 0 Å². The third-order valence-electron chi connectivity index (χ3n) is 3.88. The number of halogens is 2. The van der Waals surface area contributed by atoms with Crippen LogP contribution in [0.25, 0.3) is 11.0 Å². The maximum absolute atomic E-state index is 12.4. The molecule has 1 aliphatic rings. The third kappa shape index (κ3) is 3.42. The Kier molecular flexibility index (Phi) is 5.30. The van der Waals surface area contributed by atoms with Gasteiger partial charge in [-0.15, -0.1) is 12.4 Å². The normalized spacial score (nSPS) is 16.0. The average molecular weight is 374 g/mol. The lowest BCUT2D eigenvalue weighted by Crippen LogP contribution is -2.43. The third-order valence-corrected chi connectivity index (χ3v) is 4.37. The largest absolute Gasteiger partial charge is 0.451 e. The maximum atomic E-state index is 12.4. The first-order chi connectivity index (χ1) is 9.67. The molecule has 1 fully saturated rings. The molecule has 2 heterocycles. The van der Waals surface area contributed by atoms with Crippen molar-refractivity contribution >= 4 is 45.2 Å². The van der Waals surface area contributed by atoms with E-state index in [0.717, 1.165) is 41.4 Å². The highest BCUT2D eigenvalue weighted by molar-refractivity contribution is 9.10. The van der Waals surface area contributed by atoms with Gasteiger partial charge in [-0.1, -0.05) is 15.9 Å². The maximum Gasteiger partial charge on any atom is 0.289 e. The predicted molar refractivity (Wildman–Crippen MR) is 89.1 cm³/mol. The lowest BCUT2D eigenvalue weighted by molar-refractivity contribution is 0.0677. The molecule has 0 unspecified atom stereocenters. The molecule has 0 aliphatic carbocycles. The fourth-order valence-corrected chi connectivity index (χ4v) is 3.03. The Bertz CT molecular complexity index is 636. The molecule has 0 atom stereocenters. The van der Waals surface area contributed by atoms with Crippen LogP contribution in [0.1, 0.15) is 23.4 Å². The summed E-state index contributed by atoms with van der Waals surface area (Å²) in [6.07, 6.45) is 1.99. The quantitative estimate of drug-likeness (QED) is 0.877. The number of amides is 1. The number of likely N-dealkylation sites (tertiary alicyclic amines) is 1. The fraction of sp³-hybridized carbons (Fsp3) is 0.400. The van der Waals surface area contributed by atoms with Crippen molar-refractivity contribution in [2.24, 2.45) is 0 Å². The SMILES string of the molecule is CNC1CCN(C(=O)c2cc3cc(Br)ccc3o2)CC1.Cl. The number of carbonyl (C=O) groups is 1. The van der Waals surface area contributed by atoms with Gasteiger partial charge in [0.2, 0.25) is 0 Å². The van der Waals surface area contributed by atoms with Crippen molar-refractivity contribution < 1.29 is 9.21 Å². The van der Waals surface area contributed by atoms with Crippen LogP contribution in [-0.4, -0.2) is 37.0 Å². The van der Waals surface area contributed by atoms with Crippen molar-refractivity contribution in [1.82, 2.24) is 10.2 Å². The van der Waals surface area contributed by atoms with E-state index in [0.29, 0.717) is 11.8 Å². The van der Waals surface area contributed by atoms with Crippen molar-refractivity contribution in [3.63, 3.8) is 0 Å². The first kappa shape index (κ1) is 16.3. The molecule has 1 N–H and O–H groups in total. The Morgan fingerprint density at radius 3 is 2.71 bits per heavy atom. The molecule has 0 saturated carbocycles. The zero-order chi connectivity index (χ0) is 14.1. The lowest BCUT2D eigenvalue weighted by atomic mass is 10.1. The number of piperidine rings is 1. The van der Waals surface area contributed by atoms with Crippen molar-refractivity contribution in [2.75, 3.05) is 20.1 Å². The molecule has 114 valence electrons. The molecule has 0 radical (unpaired) electrons. The Balaban J connectivity index is 0.00000161. The number of hydrogen-bond donors (Lipinski definition) is 1. The molecule has 1 saturated heterocycles. The van der Waals surface area contributed by atoms with Gasteiger partial charge in [0.15, 0.2) is 5.76 Å². The van der Waals surface area contributed by atoms with Gasteiger partial charge < -0.3 is 14.6 Å². The van der Waals surface area contributed by atoms with Gasteiger partial charge in [0.1, 0.15) is 5.58 Å². The number of furan rings is 1. The standard InChI is InChI=1S/C15H17BrN2O2.ClH/c1-17-12-4-6-18(7-5-12)15(19)14-9-10-8-11(16)2-3-13(10)20-14;/h2-3,8-9,12,17H,4-7H2,1H3;1H. The second kappa shape index (κ2) is 6.81. The van der Waals surface area contributed by atoms with E-state index in [4.69, 9.17) is 4.42 Å². The van der Waals surface area contributed by atoms with Crippen LogP contribution in [0, 0.1) is 0 Å². The van der Waals surface area contributed by atoms with E-state index in [2.05, 4.69) is 21.2 Å². The molecule has 3 rings (SSSR count). The van der Waals surface area contributed by atoms with E-state index in [-0.39, 0.29) is 18.3 Å². The molecule has 1 aliphatic heterocycles. The summed E-state index contributed by atoms with van der Waals surface area (Å²) in [4.78, 5) is 14.3. The second-order valence-electron chi connectivity index (χ2n) is 5.15. The molecule has 6 heteroatoms. The Labute approximate surface area is 138 Å². The Morgan fingerprint density at radius 2 is 2.05 bits per heavy atom. The number of nitrogens with zero attached hydrogens (tertiary/aromatic N) is 1. The summed E-state index contributed by atoms with van der Waals surface area (Å²) >= 11 is 3.43. The predicted octanol–water partition coefficient (Wildman–Crippen LogP) is 3.44. The highest BCUT2D eigenvalue weighted by atomic mass is 79.9. The van der Waals surface area contributed by atoms with Gasteiger partial charge in [-0.05, 0) is 44.2 Å². The van der Waals surface area contributed by atoms with E-state index in [1.165, 1.54) is 0 Å². The van der Waals surface area contributed by atoms with E-state index in [9.17, 15) is 4.79 Å². The van der Waals surface area contributed by atoms with Gasteiger partial charge in [-0.2, -0.15) is 0 Å². The summed E-state index contributed by atoms with van der Waals surface area (Å²) in [6.45, 7) is 1.57. The molecule has 1 aromatic heterocycles. The van der Waals surface area contributed by atoms with Gasteiger partial charge in [-0.25, -0.2) is 0 Å². The summed E-state index contributed by atoms with van der Waals surface area (Å²) in [6, 6.07) is 8.10. The van der Waals surface area contributed by atoms with Crippen molar-refractivity contribution in [1.29, 1.82) is 0 Å². The number of benzene rings is 1. The zero-order valence-corrected chi connectivity index (χ0v) is 14.2. The Hall–Kier alpha value is -1.04. The second-order valence-corrected chi connectivity index (χ2v) is 6.06. The van der Waals surface area contributed by atoms with Crippen LogP contribution in [0.4, 0.5) is 0 Å². The number of rotatable bonds is 2. The number of nitrogens with one attached hydrogen (secondary N) is 1. The topological polar surface area (TPSA) is 45.5 Å². The molecule has 21 heavy (non-hydrogen) atoms. The first-order valence-corrected chi connectivity index (χ1v) is 7.62. The molecule has 4 nitrogen and oxygen atoms in total. The van der Waals surface area contributed by atoms with E-state index >= 15 is 0 Å². The highest BCUT2D eigenvalue weighted by Gasteiger charge is 2.24. The summed E-state index contributed by atoms with van der Waals surface area (Å²) in [7, 11) is 1.97. The molecule has 0 spiro atoms. The minimum absolute atomic E-state index is 0. The molecule has 1 amide bonds. The fourth-order valence-electron chi connectivity index (χ4n) is 2.65. The van der Waals surface area contributed by atoms with Gasteiger partial charge in [-0.3, -0.25) is 4.79 Å². The molecular weight excluding hydrogens is 356 g/mol. The number of fused-ring (bicyclic) bond motifs is 1. The van der Waals surface area contributed by atoms with Gasteiger partial charge in [0, 0.05) is 29.0 Å². The summed E-state index contributed by atoms with van der Waals surface area (Å²) in [5.74, 6) is 0.424. The van der Waals surface area contributed by atoms with Crippen LogP contribution in [0.2, 0.25) is 0 Å². The first-order valence-electron chi connectivity index (χ1n) is 6.83. The highest BCUT2D eigenvalue weighted by Crippen LogP contribution is 2.24. The molecule has 2 aromatic rings. The van der Waals surface area contributed by atoms with Crippen LogP contribution in [0.15, 0.2) is 33.2 Å². The van der Waals surface area contributed by atoms with Crippen LogP contribution in [-0.2, 0) is 0 Å². The lowest BCUT2D eigenvalue weighted by Gasteiger charge is -2.31. The monoisotopic (exact) mass is 372 g/mol. The van der Waals surface area contributed by atoms with Crippen LogP contribution in [0.5, 0.6) is 0 Å². The average Bonchev–Trinajstić information content (AvgIpc) is 2.89. The van der Waals surface area contributed by atoms with Crippen molar-refractivity contribution in [3.8, 4) is 0 Å². The van der Waals surface area contributed by atoms with E-state index < -0.39 is 0 Å². The minimum Gasteiger partial charge on any atom is -0.451 e.